The maximum atomic E-state index is 12.2. The molecule has 1 amide bonds. The highest BCUT2D eigenvalue weighted by Gasteiger charge is 2.31. The van der Waals surface area contributed by atoms with Crippen LogP contribution in [0.25, 0.3) is 0 Å². The highest BCUT2D eigenvalue weighted by molar-refractivity contribution is 6.01. The minimum Gasteiger partial charge on any atom is -0.409 e. The van der Waals surface area contributed by atoms with Gasteiger partial charge in [-0.2, -0.15) is 0 Å². The van der Waals surface area contributed by atoms with Gasteiger partial charge in [0.1, 0.15) is 0 Å². The second kappa shape index (κ2) is 5.53. The summed E-state index contributed by atoms with van der Waals surface area (Å²) in [6.45, 7) is 4.44. The van der Waals surface area contributed by atoms with Gasteiger partial charge in [0, 0.05) is 17.2 Å². The van der Waals surface area contributed by atoms with Gasteiger partial charge in [0.15, 0.2) is 5.84 Å². The molecule has 1 aromatic rings. The van der Waals surface area contributed by atoms with Gasteiger partial charge < -0.3 is 16.3 Å². The Bertz CT molecular complexity index is 538. The number of oxime groups is 1. The fourth-order valence-corrected chi connectivity index (χ4v) is 2.71. The third-order valence-electron chi connectivity index (χ3n) is 3.83. The maximum absolute atomic E-state index is 12.2. The van der Waals surface area contributed by atoms with Crippen molar-refractivity contribution in [2.75, 3.05) is 0 Å². The number of rotatable bonds is 3. The molecule has 0 aliphatic heterocycles. The molecular formula is C15H21N3O2. The third-order valence-corrected chi connectivity index (χ3v) is 3.83. The summed E-state index contributed by atoms with van der Waals surface area (Å²) in [7, 11) is 0. The van der Waals surface area contributed by atoms with Crippen molar-refractivity contribution in [3.8, 4) is 0 Å². The highest BCUT2D eigenvalue weighted by Crippen LogP contribution is 2.36. The van der Waals surface area contributed by atoms with Gasteiger partial charge in [-0.1, -0.05) is 31.1 Å². The Balaban J connectivity index is 2.07. The van der Waals surface area contributed by atoms with Crippen LogP contribution in [-0.4, -0.2) is 23.0 Å². The third kappa shape index (κ3) is 3.29. The smallest absolute Gasteiger partial charge is 0.251 e. The molecule has 1 aliphatic carbocycles. The predicted octanol–water partition coefficient (Wildman–Crippen LogP) is 2.09. The molecule has 5 heteroatoms. The van der Waals surface area contributed by atoms with Crippen LogP contribution < -0.4 is 11.1 Å². The van der Waals surface area contributed by atoms with Crippen molar-refractivity contribution in [2.24, 2.45) is 16.3 Å². The number of carbonyl (C=O) groups is 1. The molecule has 1 fully saturated rings. The van der Waals surface area contributed by atoms with Crippen LogP contribution in [0.4, 0.5) is 0 Å². The molecule has 0 saturated heterocycles. The molecule has 1 saturated carbocycles. The van der Waals surface area contributed by atoms with Crippen molar-refractivity contribution in [2.45, 2.75) is 39.2 Å². The first-order chi connectivity index (χ1) is 9.41. The number of nitrogens with zero attached hydrogens (tertiary/aromatic N) is 1. The number of benzene rings is 1. The van der Waals surface area contributed by atoms with Gasteiger partial charge in [-0.05, 0) is 36.8 Å². The molecule has 5 nitrogen and oxygen atoms in total. The lowest BCUT2D eigenvalue weighted by atomic mass is 9.92. The molecule has 0 aromatic heterocycles. The summed E-state index contributed by atoms with van der Waals surface area (Å²) in [6.07, 6.45) is 3.14. The largest absolute Gasteiger partial charge is 0.409 e. The van der Waals surface area contributed by atoms with E-state index in [1.54, 1.807) is 24.3 Å². The Morgan fingerprint density at radius 1 is 1.45 bits per heavy atom. The molecule has 1 unspecified atom stereocenters. The Morgan fingerprint density at radius 3 is 2.75 bits per heavy atom. The van der Waals surface area contributed by atoms with Gasteiger partial charge in [0.25, 0.3) is 5.91 Å². The molecule has 1 aromatic carbocycles. The topological polar surface area (TPSA) is 87.7 Å². The normalized spacial score (nSPS) is 21.7. The zero-order valence-electron chi connectivity index (χ0n) is 11.9. The van der Waals surface area contributed by atoms with Crippen LogP contribution in [0, 0.1) is 5.41 Å². The Hall–Kier alpha value is -2.04. The summed E-state index contributed by atoms with van der Waals surface area (Å²) in [5, 5.41) is 14.7. The number of nitrogens with two attached hydrogens (primary N) is 1. The molecule has 108 valence electrons. The van der Waals surface area contributed by atoms with Gasteiger partial charge in [-0.3, -0.25) is 4.79 Å². The lowest BCUT2D eigenvalue weighted by Crippen LogP contribution is -2.33. The van der Waals surface area contributed by atoms with Crippen LogP contribution in [0.3, 0.4) is 0 Å². The first-order valence-electron chi connectivity index (χ1n) is 6.80. The molecule has 20 heavy (non-hydrogen) atoms. The molecule has 4 N–H and O–H groups in total. The van der Waals surface area contributed by atoms with Crippen molar-refractivity contribution in [1.82, 2.24) is 5.32 Å². The fourth-order valence-electron chi connectivity index (χ4n) is 2.71. The van der Waals surface area contributed by atoms with E-state index in [1.165, 1.54) is 0 Å². The average Bonchev–Trinajstić information content (AvgIpc) is 2.77. The quantitative estimate of drug-likeness (QED) is 0.341. The second-order valence-corrected chi connectivity index (χ2v) is 6.14. The Morgan fingerprint density at radius 2 is 2.15 bits per heavy atom. The SMILES string of the molecule is CC1(C)CCC(NC(=O)c2cccc(/C(N)=N/O)c2)C1. The number of amidine groups is 1. The molecule has 0 bridgehead atoms. The zero-order valence-corrected chi connectivity index (χ0v) is 11.9. The van der Waals surface area contributed by atoms with E-state index in [9.17, 15) is 4.79 Å². The van der Waals surface area contributed by atoms with Crippen molar-refractivity contribution >= 4 is 11.7 Å². The second-order valence-electron chi connectivity index (χ2n) is 6.14. The summed E-state index contributed by atoms with van der Waals surface area (Å²) in [6, 6.07) is 7.00. The highest BCUT2D eigenvalue weighted by atomic mass is 16.4. The van der Waals surface area contributed by atoms with Gasteiger partial charge in [0.2, 0.25) is 0 Å². The number of amides is 1. The minimum absolute atomic E-state index is 0.00153. The van der Waals surface area contributed by atoms with E-state index in [0.717, 1.165) is 19.3 Å². The van der Waals surface area contributed by atoms with E-state index in [2.05, 4.69) is 24.3 Å². The van der Waals surface area contributed by atoms with E-state index < -0.39 is 0 Å². The first kappa shape index (κ1) is 14.4. The Labute approximate surface area is 118 Å². The monoisotopic (exact) mass is 275 g/mol. The van der Waals surface area contributed by atoms with Crippen LogP contribution in [0.2, 0.25) is 0 Å². The predicted molar refractivity (Wildman–Crippen MR) is 77.8 cm³/mol. The standard InChI is InChI=1S/C15H21N3O2/c1-15(2)7-6-12(9-15)17-14(19)11-5-3-4-10(8-11)13(16)18-20/h3-5,8,12,20H,6-7,9H2,1-2H3,(H2,16,18)(H,17,19). The van der Waals surface area contributed by atoms with E-state index in [-0.39, 0.29) is 17.8 Å². The van der Waals surface area contributed by atoms with Crippen molar-refractivity contribution in [1.29, 1.82) is 0 Å². The van der Waals surface area contributed by atoms with E-state index in [1.807, 2.05) is 0 Å². The Kier molecular flexibility index (Phi) is 3.97. The van der Waals surface area contributed by atoms with Crippen molar-refractivity contribution < 1.29 is 10.0 Å². The summed E-state index contributed by atoms with van der Waals surface area (Å²) in [5.41, 5.74) is 6.89. The van der Waals surface area contributed by atoms with Crippen LogP contribution in [0.15, 0.2) is 29.4 Å². The van der Waals surface area contributed by atoms with Crippen molar-refractivity contribution in [3.63, 3.8) is 0 Å². The van der Waals surface area contributed by atoms with E-state index in [0.29, 0.717) is 16.5 Å². The molecule has 1 atom stereocenters. The van der Waals surface area contributed by atoms with Gasteiger partial charge >= 0.3 is 0 Å². The van der Waals surface area contributed by atoms with E-state index >= 15 is 0 Å². The van der Waals surface area contributed by atoms with Crippen LogP contribution in [0.5, 0.6) is 0 Å². The minimum atomic E-state index is -0.111. The summed E-state index contributed by atoms with van der Waals surface area (Å²) in [5.74, 6) is -0.109. The number of hydrogen-bond donors (Lipinski definition) is 3. The number of nitrogens with one attached hydrogen (secondary N) is 1. The molecule has 0 heterocycles. The van der Waals surface area contributed by atoms with E-state index in [4.69, 9.17) is 10.9 Å². The molecule has 2 rings (SSSR count). The lowest BCUT2D eigenvalue weighted by molar-refractivity contribution is 0.0936. The fraction of sp³-hybridized carbons (Fsp3) is 0.467. The van der Waals surface area contributed by atoms with Crippen LogP contribution in [0.1, 0.15) is 49.0 Å². The molecule has 1 aliphatic rings. The summed E-state index contributed by atoms with van der Waals surface area (Å²) < 4.78 is 0. The van der Waals surface area contributed by atoms with Crippen LogP contribution in [-0.2, 0) is 0 Å². The van der Waals surface area contributed by atoms with Crippen molar-refractivity contribution in [3.05, 3.63) is 35.4 Å². The van der Waals surface area contributed by atoms with Gasteiger partial charge in [0.05, 0.1) is 0 Å². The zero-order chi connectivity index (χ0) is 14.8. The molecular weight excluding hydrogens is 254 g/mol. The number of hydrogen-bond acceptors (Lipinski definition) is 3. The molecule has 0 spiro atoms. The maximum Gasteiger partial charge on any atom is 0.251 e. The first-order valence-corrected chi connectivity index (χ1v) is 6.80. The molecule has 0 radical (unpaired) electrons. The average molecular weight is 275 g/mol. The van der Waals surface area contributed by atoms with Gasteiger partial charge in [-0.15, -0.1) is 0 Å². The number of carbonyl (C=O) groups excluding carboxylic acids is 1. The summed E-state index contributed by atoms with van der Waals surface area (Å²) >= 11 is 0. The lowest BCUT2D eigenvalue weighted by Gasteiger charge is -2.18. The summed E-state index contributed by atoms with van der Waals surface area (Å²) in [4.78, 5) is 12.2. The van der Waals surface area contributed by atoms with Gasteiger partial charge in [-0.25, -0.2) is 0 Å². The van der Waals surface area contributed by atoms with Crippen LogP contribution >= 0.6 is 0 Å².